The van der Waals surface area contributed by atoms with Crippen LogP contribution in [0.2, 0.25) is 5.15 Å². The van der Waals surface area contributed by atoms with Crippen LogP contribution in [0.25, 0.3) is 11.3 Å². The lowest BCUT2D eigenvalue weighted by Gasteiger charge is -2.18. The summed E-state index contributed by atoms with van der Waals surface area (Å²) < 4.78 is 1.75. The number of pyridine rings is 1. The Morgan fingerprint density at radius 3 is 2.87 bits per heavy atom. The number of hydrogen-bond donors (Lipinski definition) is 2. The monoisotopic (exact) mass is 350 g/mol. The smallest absolute Gasteiger partial charge is 0.140 e. The van der Waals surface area contributed by atoms with E-state index in [1.54, 1.807) is 23.0 Å². The van der Waals surface area contributed by atoms with E-state index in [0.717, 1.165) is 24.8 Å². The highest BCUT2D eigenvalue weighted by Crippen LogP contribution is 2.30. The van der Waals surface area contributed by atoms with Gasteiger partial charge in [0.1, 0.15) is 28.3 Å². The zero-order valence-electron chi connectivity index (χ0n) is 13.0. The van der Waals surface area contributed by atoms with Crippen molar-refractivity contribution in [3.05, 3.63) is 29.0 Å². The summed E-state index contributed by atoms with van der Waals surface area (Å²) in [4.78, 5) is 4.05. The van der Waals surface area contributed by atoms with Gasteiger partial charge >= 0.3 is 0 Å². The van der Waals surface area contributed by atoms with E-state index < -0.39 is 0 Å². The fourth-order valence-electron chi connectivity index (χ4n) is 2.44. The minimum Gasteiger partial charge on any atom is -0.383 e. The van der Waals surface area contributed by atoms with E-state index in [9.17, 15) is 5.26 Å². The van der Waals surface area contributed by atoms with Crippen LogP contribution in [0, 0.1) is 11.3 Å². The molecular weight excluding hydrogens is 331 g/mol. The van der Waals surface area contributed by atoms with Gasteiger partial charge in [0.05, 0.1) is 6.04 Å². The molecule has 2 atom stereocenters. The average Bonchev–Trinajstić information content (AvgIpc) is 2.88. The van der Waals surface area contributed by atoms with Gasteiger partial charge in [-0.2, -0.15) is 10.4 Å². The number of nitrogens with two attached hydrogens (primary N) is 1. The van der Waals surface area contributed by atoms with E-state index in [2.05, 4.69) is 37.6 Å². The van der Waals surface area contributed by atoms with Crippen LogP contribution >= 0.6 is 21.0 Å². The highest BCUT2D eigenvalue weighted by atomic mass is 35.5. The highest BCUT2D eigenvalue weighted by Gasteiger charge is 2.22. The highest BCUT2D eigenvalue weighted by molar-refractivity contribution is 7.13. The number of nitrogens with one attached hydrogen (secondary N) is 1. The molecule has 23 heavy (non-hydrogen) atoms. The Morgan fingerprint density at radius 1 is 1.52 bits per heavy atom. The van der Waals surface area contributed by atoms with Crippen molar-refractivity contribution >= 4 is 26.8 Å². The molecule has 0 saturated carbocycles. The average molecular weight is 351 g/mol. The zero-order valence-corrected chi connectivity index (χ0v) is 14.9. The van der Waals surface area contributed by atoms with E-state index in [1.807, 2.05) is 0 Å². The predicted molar refractivity (Wildman–Crippen MR) is 95.9 cm³/mol. The third kappa shape index (κ3) is 4.00. The van der Waals surface area contributed by atoms with E-state index in [1.165, 1.54) is 0 Å². The number of aromatic nitrogens is 3. The van der Waals surface area contributed by atoms with Gasteiger partial charge in [-0.05, 0) is 18.6 Å². The van der Waals surface area contributed by atoms with Crippen LogP contribution in [-0.4, -0.2) is 21.3 Å². The summed E-state index contributed by atoms with van der Waals surface area (Å²) in [6, 6.07) is 5.71. The molecule has 2 aromatic heterocycles. The summed E-state index contributed by atoms with van der Waals surface area (Å²) in [5.41, 5.74) is 7.82. The van der Waals surface area contributed by atoms with Crippen molar-refractivity contribution < 1.29 is 0 Å². The summed E-state index contributed by atoms with van der Waals surface area (Å²) >= 11 is 5.82. The maximum atomic E-state index is 9.47. The van der Waals surface area contributed by atoms with Gasteiger partial charge in [0, 0.05) is 18.3 Å². The maximum absolute atomic E-state index is 9.47. The molecule has 0 aliphatic heterocycles. The molecule has 8 heteroatoms. The molecule has 0 radical (unpaired) electrons. The number of nitrogens with zero attached hydrogens (tertiary/aromatic N) is 4. The van der Waals surface area contributed by atoms with Gasteiger partial charge in [-0.1, -0.05) is 40.8 Å². The Balaban J connectivity index is 2.45. The first-order valence-electron chi connectivity index (χ1n) is 7.45. The standard InChI is InChI=1S/C15H20ClN6P/c1-2-3-4-11(9-20-23)22-15(18)12(7-17)14(21-22)10-5-6-13(16)19-8-10/h5-6,8,11,20H,2-4,9,18,23H2,1H3. The second-order valence-corrected chi connectivity index (χ2v) is 6.03. The minimum atomic E-state index is 0.0913. The molecular formula is C15H20ClN6P. The van der Waals surface area contributed by atoms with Crippen molar-refractivity contribution in [2.24, 2.45) is 0 Å². The molecule has 0 aliphatic rings. The summed E-state index contributed by atoms with van der Waals surface area (Å²) in [7, 11) is 2.49. The number of rotatable bonds is 7. The number of nitrogen functional groups attached to an aromatic ring is 1. The first kappa shape index (κ1) is 17.7. The molecule has 2 rings (SSSR count). The fraction of sp³-hybridized carbons (Fsp3) is 0.400. The number of anilines is 1. The third-order valence-corrected chi connectivity index (χ3v) is 4.11. The molecule has 0 aliphatic carbocycles. The van der Waals surface area contributed by atoms with Gasteiger partial charge in [0.15, 0.2) is 0 Å². The van der Waals surface area contributed by atoms with E-state index >= 15 is 0 Å². The van der Waals surface area contributed by atoms with Crippen LogP contribution in [0.3, 0.4) is 0 Å². The lowest BCUT2D eigenvalue weighted by atomic mass is 10.1. The molecule has 2 heterocycles. The molecule has 2 unspecified atom stereocenters. The first-order valence-corrected chi connectivity index (χ1v) is 8.41. The molecule has 6 nitrogen and oxygen atoms in total. The Labute approximate surface area is 143 Å². The Hall–Kier alpha value is -1.67. The SMILES string of the molecule is CCCCC(CNP)n1nc(-c2ccc(Cl)nc2)c(C#N)c1N. The predicted octanol–water partition coefficient (Wildman–Crippen LogP) is 3.16. The lowest BCUT2D eigenvalue weighted by Crippen LogP contribution is -2.22. The van der Waals surface area contributed by atoms with Crippen LogP contribution in [0.5, 0.6) is 0 Å². The minimum absolute atomic E-state index is 0.0913. The third-order valence-electron chi connectivity index (χ3n) is 3.65. The topological polar surface area (TPSA) is 92.5 Å². The summed E-state index contributed by atoms with van der Waals surface area (Å²) in [6.45, 7) is 2.85. The van der Waals surface area contributed by atoms with Crippen LogP contribution < -0.4 is 10.8 Å². The van der Waals surface area contributed by atoms with Crippen molar-refractivity contribution in [2.45, 2.75) is 32.2 Å². The Kier molecular flexibility index (Phi) is 6.35. The van der Waals surface area contributed by atoms with Gasteiger partial charge in [-0.3, -0.25) is 5.09 Å². The van der Waals surface area contributed by atoms with Crippen molar-refractivity contribution in [3.8, 4) is 17.3 Å². The van der Waals surface area contributed by atoms with Crippen LogP contribution in [0.15, 0.2) is 18.3 Å². The van der Waals surface area contributed by atoms with Crippen LogP contribution in [0.1, 0.15) is 37.8 Å². The molecule has 0 aromatic carbocycles. The second kappa shape index (κ2) is 8.26. The summed E-state index contributed by atoms with van der Waals surface area (Å²) in [6.07, 6.45) is 4.70. The van der Waals surface area contributed by atoms with Gasteiger partial charge in [0.25, 0.3) is 0 Å². The molecule has 0 spiro atoms. The van der Waals surface area contributed by atoms with Crippen molar-refractivity contribution in [1.82, 2.24) is 19.9 Å². The number of hydrogen-bond acceptors (Lipinski definition) is 5. The molecule has 0 bridgehead atoms. The molecule has 0 amide bonds. The molecule has 3 N–H and O–H groups in total. The largest absolute Gasteiger partial charge is 0.383 e. The number of halogens is 1. The number of unbranched alkanes of at least 4 members (excludes halogenated alkanes) is 1. The lowest BCUT2D eigenvalue weighted by molar-refractivity contribution is 0.418. The van der Waals surface area contributed by atoms with Gasteiger partial charge in [0.2, 0.25) is 0 Å². The van der Waals surface area contributed by atoms with E-state index in [-0.39, 0.29) is 6.04 Å². The normalized spacial score (nSPS) is 12.1. The van der Waals surface area contributed by atoms with Gasteiger partial charge in [-0.15, -0.1) is 0 Å². The fourth-order valence-corrected chi connectivity index (χ4v) is 2.82. The second-order valence-electron chi connectivity index (χ2n) is 5.24. The van der Waals surface area contributed by atoms with Crippen molar-refractivity contribution in [3.63, 3.8) is 0 Å². The molecule has 2 aromatic rings. The van der Waals surface area contributed by atoms with Crippen LogP contribution in [0.4, 0.5) is 5.82 Å². The zero-order chi connectivity index (χ0) is 16.8. The number of nitriles is 1. The molecule has 0 saturated heterocycles. The first-order chi connectivity index (χ1) is 11.1. The van der Waals surface area contributed by atoms with Crippen molar-refractivity contribution in [2.75, 3.05) is 12.3 Å². The maximum Gasteiger partial charge on any atom is 0.140 e. The quantitative estimate of drug-likeness (QED) is 0.591. The Bertz CT molecular complexity index is 691. The van der Waals surface area contributed by atoms with E-state index in [0.29, 0.717) is 28.8 Å². The van der Waals surface area contributed by atoms with Crippen LogP contribution in [-0.2, 0) is 0 Å². The Morgan fingerprint density at radius 2 is 2.30 bits per heavy atom. The van der Waals surface area contributed by atoms with Gasteiger partial charge in [-0.25, -0.2) is 9.67 Å². The molecule has 122 valence electrons. The summed E-state index contributed by atoms with van der Waals surface area (Å²) in [5.74, 6) is 0.388. The summed E-state index contributed by atoms with van der Waals surface area (Å²) in [5, 5.41) is 17.5. The van der Waals surface area contributed by atoms with E-state index in [4.69, 9.17) is 17.3 Å². The van der Waals surface area contributed by atoms with Crippen molar-refractivity contribution in [1.29, 1.82) is 5.26 Å². The van der Waals surface area contributed by atoms with Gasteiger partial charge < -0.3 is 5.73 Å². The molecule has 0 fully saturated rings.